The van der Waals surface area contributed by atoms with Crippen LogP contribution >= 0.6 is 11.6 Å². The summed E-state index contributed by atoms with van der Waals surface area (Å²) in [4.78, 5) is 10.8. The Morgan fingerprint density at radius 1 is 1.47 bits per heavy atom. The van der Waals surface area contributed by atoms with Crippen molar-refractivity contribution in [3.05, 3.63) is 23.8 Å². The van der Waals surface area contributed by atoms with Crippen molar-refractivity contribution in [2.75, 3.05) is 7.11 Å². The third-order valence-corrected chi connectivity index (χ3v) is 2.83. The number of methoxy groups -OCH3 is 1. The third kappa shape index (κ3) is 2.68. The maximum Gasteiger partial charge on any atom is 0.256 e. The first-order chi connectivity index (χ1) is 6.86. The molecular formula is C8H8ClNO4S. The highest BCUT2D eigenvalue weighted by Crippen LogP contribution is 2.23. The van der Waals surface area contributed by atoms with Crippen LogP contribution in [0.5, 0.6) is 5.75 Å². The van der Waals surface area contributed by atoms with E-state index >= 15 is 0 Å². The van der Waals surface area contributed by atoms with Crippen LogP contribution in [0.15, 0.2) is 23.1 Å². The fourth-order valence-electron chi connectivity index (χ4n) is 1.01. The van der Waals surface area contributed by atoms with Gasteiger partial charge in [0.25, 0.3) is 5.24 Å². The summed E-state index contributed by atoms with van der Waals surface area (Å²) < 4.78 is 26.8. The number of benzene rings is 1. The molecule has 0 unspecified atom stereocenters. The molecule has 0 amide bonds. The summed E-state index contributed by atoms with van der Waals surface area (Å²) in [5, 5.41) is 4.18. The number of sulfonamides is 1. The van der Waals surface area contributed by atoms with Crippen LogP contribution in [0.4, 0.5) is 0 Å². The molecule has 5 nitrogen and oxygen atoms in total. The molecular weight excluding hydrogens is 242 g/mol. The second-order valence-corrected chi connectivity index (χ2v) is 4.59. The first kappa shape index (κ1) is 12.0. The van der Waals surface area contributed by atoms with Gasteiger partial charge in [-0.3, -0.25) is 4.79 Å². The molecule has 1 aromatic carbocycles. The predicted octanol–water partition coefficient (Wildman–Crippen LogP) is 0.722. The Morgan fingerprint density at radius 3 is 2.47 bits per heavy atom. The number of carbonyl (C=O) groups excluding carboxylic acids is 1. The fraction of sp³-hybridized carbons (Fsp3) is 0.125. The summed E-state index contributed by atoms with van der Waals surface area (Å²) in [5.41, 5.74) is 0.0894. The molecule has 0 radical (unpaired) electrons. The Balaban J connectivity index is 3.38. The average molecular weight is 250 g/mol. The van der Waals surface area contributed by atoms with E-state index in [0.29, 0.717) is 0 Å². The van der Waals surface area contributed by atoms with Crippen LogP contribution in [0.2, 0.25) is 0 Å². The number of hydrogen-bond acceptors (Lipinski definition) is 4. The van der Waals surface area contributed by atoms with Gasteiger partial charge in [-0.2, -0.15) is 0 Å². The van der Waals surface area contributed by atoms with E-state index in [2.05, 4.69) is 0 Å². The van der Waals surface area contributed by atoms with Crippen molar-refractivity contribution in [2.45, 2.75) is 4.90 Å². The molecule has 1 aromatic rings. The van der Waals surface area contributed by atoms with Gasteiger partial charge in [-0.1, -0.05) is 0 Å². The maximum absolute atomic E-state index is 11.0. The van der Waals surface area contributed by atoms with Gasteiger partial charge in [0.1, 0.15) is 5.75 Å². The minimum Gasteiger partial charge on any atom is -0.496 e. The Hall–Kier alpha value is -1.11. The van der Waals surface area contributed by atoms with Gasteiger partial charge in [0, 0.05) is 6.07 Å². The number of halogens is 1. The molecule has 15 heavy (non-hydrogen) atoms. The summed E-state index contributed by atoms with van der Waals surface area (Å²) in [6.07, 6.45) is 0. The predicted molar refractivity (Wildman–Crippen MR) is 54.6 cm³/mol. The smallest absolute Gasteiger partial charge is 0.256 e. The molecule has 0 aliphatic carbocycles. The number of ether oxygens (including phenoxy) is 1. The molecule has 0 saturated heterocycles. The van der Waals surface area contributed by atoms with Crippen molar-refractivity contribution in [2.24, 2.45) is 5.14 Å². The lowest BCUT2D eigenvalue weighted by atomic mass is 10.2. The summed E-state index contributed by atoms with van der Waals surface area (Å²) in [5.74, 6) is 0.0709. The number of carbonyl (C=O) groups is 1. The van der Waals surface area contributed by atoms with Gasteiger partial charge >= 0.3 is 0 Å². The molecule has 0 aromatic heterocycles. The molecule has 0 fully saturated rings. The molecule has 1 rings (SSSR count). The monoisotopic (exact) mass is 249 g/mol. The van der Waals surface area contributed by atoms with Crippen LogP contribution in [0.1, 0.15) is 10.4 Å². The molecule has 0 spiro atoms. The highest BCUT2D eigenvalue weighted by Gasteiger charge is 2.14. The van der Waals surface area contributed by atoms with Crippen molar-refractivity contribution in [3.63, 3.8) is 0 Å². The second-order valence-electron chi connectivity index (χ2n) is 2.68. The number of nitrogens with two attached hydrogens (primary N) is 1. The Kier molecular flexibility index (Phi) is 3.33. The van der Waals surface area contributed by atoms with E-state index in [0.717, 1.165) is 6.07 Å². The zero-order valence-electron chi connectivity index (χ0n) is 7.73. The molecule has 0 saturated carbocycles. The van der Waals surface area contributed by atoms with Gasteiger partial charge in [-0.05, 0) is 23.7 Å². The first-order valence-electron chi connectivity index (χ1n) is 3.77. The minimum absolute atomic E-state index is 0.0709. The summed E-state index contributed by atoms with van der Waals surface area (Å²) >= 11 is 5.25. The van der Waals surface area contributed by atoms with Crippen LogP contribution in [-0.2, 0) is 10.0 Å². The molecule has 0 heterocycles. The fourth-order valence-corrected chi connectivity index (χ4v) is 1.70. The maximum atomic E-state index is 11.0. The molecule has 82 valence electrons. The van der Waals surface area contributed by atoms with Crippen molar-refractivity contribution < 1.29 is 17.9 Å². The molecule has 7 heteroatoms. The summed E-state index contributed by atoms with van der Waals surface area (Å²) in [6.45, 7) is 0. The minimum atomic E-state index is -3.81. The van der Waals surface area contributed by atoms with Crippen molar-refractivity contribution in [1.82, 2.24) is 0 Å². The molecule has 2 N–H and O–H groups in total. The average Bonchev–Trinajstić information content (AvgIpc) is 2.15. The second kappa shape index (κ2) is 4.18. The number of primary sulfonamides is 1. The Morgan fingerprint density at radius 2 is 2.07 bits per heavy atom. The summed E-state index contributed by atoms with van der Waals surface area (Å²) in [7, 11) is -2.52. The van der Waals surface area contributed by atoms with E-state index < -0.39 is 15.3 Å². The zero-order valence-corrected chi connectivity index (χ0v) is 9.30. The molecule has 0 atom stereocenters. The van der Waals surface area contributed by atoms with Gasteiger partial charge in [-0.15, -0.1) is 0 Å². The van der Waals surface area contributed by atoms with Gasteiger partial charge < -0.3 is 4.74 Å². The largest absolute Gasteiger partial charge is 0.496 e. The van der Waals surface area contributed by atoms with Crippen molar-refractivity contribution in [1.29, 1.82) is 0 Å². The Labute approximate surface area is 91.8 Å². The highest BCUT2D eigenvalue weighted by atomic mass is 35.5. The lowest BCUT2D eigenvalue weighted by Crippen LogP contribution is -2.12. The SMILES string of the molecule is COc1cc(S(N)(=O)=O)ccc1C(=O)Cl. The normalized spacial score (nSPS) is 11.1. The van der Waals surface area contributed by atoms with Gasteiger partial charge in [0.2, 0.25) is 10.0 Å². The highest BCUT2D eigenvalue weighted by molar-refractivity contribution is 7.89. The standard InChI is InChI=1S/C8H8ClNO4S/c1-14-7-4-5(15(10,12)13)2-3-6(7)8(9)11/h2-4H,1H3,(H2,10,12,13). The quantitative estimate of drug-likeness (QED) is 0.800. The number of rotatable bonds is 3. The zero-order chi connectivity index (χ0) is 11.6. The topological polar surface area (TPSA) is 86.5 Å². The van der Waals surface area contributed by atoms with Crippen LogP contribution < -0.4 is 9.88 Å². The Bertz CT molecular complexity index is 497. The van der Waals surface area contributed by atoms with Crippen LogP contribution in [0, 0.1) is 0 Å². The van der Waals surface area contributed by atoms with E-state index in [1.807, 2.05) is 0 Å². The lowest BCUT2D eigenvalue weighted by molar-refractivity contribution is 0.107. The van der Waals surface area contributed by atoms with Crippen LogP contribution in [0.25, 0.3) is 0 Å². The molecule has 0 aliphatic heterocycles. The van der Waals surface area contributed by atoms with Gasteiger partial charge in [-0.25, -0.2) is 13.6 Å². The van der Waals surface area contributed by atoms with Crippen molar-refractivity contribution >= 4 is 26.9 Å². The van der Waals surface area contributed by atoms with E-state index in [1.165, 1.54) is 19.2 Å². The first-order valence-corrected chi connectivity index (χ1v) is 5.69. The van der Waals surface area contributed by atoms with E-state index in [9.17, 15) is 13.2 Å². The van der Waals surface area contributed by atoms with Gasteiger partial charge in [0.15, 0.2) is 0 Å². The lowest BCUT2D eigenvalue weighted by Gasteiger charge is -2.06. The van der Waals surface area contributed by atoms with Gasteiger partial charge in [0.05, 0.1) is 17.6 Å². The third-order valence-electron chi connectivity index (χ3n) is 1.71. The van der Waals surface area contributed by atoms with Crippen LogP contribution in [-0.4, -0.2) is 20.8 Å². The molecule has 0 aliphatic rings. The summed E-state index contributed by atoms with van der Waals surface area (Å²) in [6, 6.07) is 3.58. The molecule has 0 bridgehead atoms. The van der Waals surface area contributed by atoms with Crippen molar-refractivity contribution in [3.8, 4) is 5.75 Å². The van der Waals surface area contributed by atoms with E-state index in [4.69, 9.17) is 21.5 Å². The van der Waals surface area contributed by atoms with Crippen LogP contribution in [0.3, 0.4) is 0 Å². The number of hydrogen-bond donors (Lipinski definition) is 1. The van der Waals surface area contributed by atoms with E-state index in [-0.39, 0.29) is 16.2 Å². The van der Waals surface area contributed by atoms with E-state index in [1.54, 1.807) is 0 Å².